The highest BCUT2D eigenvalue weighted by atomic mass is 32.2. The second kappa shape index (κ2) is 5.27. The summed E-state index contributed by atoms with van der Waals surface area (Å²) in [5.41, 5.74) is 1.56. The lowest BCUT2D eigenvalue weighted by molar-refractivity contribution is 0.577. The smallest absolute Gasteiger partial charge is 0.240 e. The summed E-state index contributed by atoms with van der Waals surface area (Å²) in [6.45, 7) is 0.0896. The lowest BCUT2D eigenvalue weighted by atomic mass is 10.3. The first kappa shape index (κ1) is 13.7. The standard InChI is InChI=1S/C14H12FN3O2S/c15-12-4-3-5-13(8-12)21(19,20)17-10-11-9-16-18-7-2-1-6-14(11)18/h1-9,17H,10H2. The Labute approximate surface area is 121 Å². The van der Waals surface area contributed by atoms with Crippen LogP contribution >= 0.6 is 0 Å². The number of nitrogens with zero attached hydrogens (tertiary/aromatic N) is 2. The van der Waals surface area contributed by atoms with Crippen LogP contribution in [0, 0.1) is 5.82 Å². The number of halogens is 1. The maximum atomic E-state index is 13.1. The fourth-order valence-corrected chi connectivity index (χ4v) is 3.05. The molecular formula is C14H12FN3O2S. The minimum atomic E-state index is -3.75. The molecule has 2 heterocycles. The van der Waals surface area contributed by atoms with Crippen LogP contribution in [0.1, 0.15) is 5.56 Å². The molecule has 0 spiro atoms. The molecule has 0 bridgehead atoms. The van der Waals surface area contributed by atoms with Crippen molar-refractivity contribution < 1.29 is 12.8 Å². The second-order valence-corrected chi connectivity index (χ2v) is 6.25. The maximum absolute atomic E-state index is 13.1. The van der Waals surface area contributed by atoms with Gasteiger partial charge in [-0.2, -0.15) is 5.10 Å². The Bertz CT molecular complexity index is 890. The molecular weight excluding hydrogens is 293 g/mol. The molecule has 0 fully saturated rings. The summed E-state index contributed by atoms with van der Waals surface area (Å²) in [5, 5.41) is 4.13. The minimum Gasteiger partial charge on any atom is -0.241 e. The van der Waals surface area contributed by atoms with E-state index >= 15 is 0 Å². The number of rotatable bonds is 4. The van der Waals surface area contributed by atoms with Crippen LogP contribution in [-0.4, -0.2) is 18.0 Å². The average Bonchev–Trinajstić information content (AvgIpc) is 2.88. The topological polar surface area (TPSA) is 63.5 Å². The number of sulfonamides is 1. The molecule has 0 aliphatic carbocycles. The Morgan fingerprint density at radius 2 is 2.05 bits per heavy atom. The zero-order valence-electron chi connectivity index (χ0n) is 10.9. The molecule has 0 saturated heterocycles. The van der Waals surface area contributed by atoms with Gasteiger partial charge in [0.2, 0.25) is 10.0 Å². The number of fused-ring (bicyclic) bond motifs is 1. The van der Waals surface area contributed by atoms with E-state index in [1.165, 1.54) is 18.2 Å². The third kappa shape index (κ3) is 2.79. The van der Waals surface area contributed by atoms with Crippen molar-refractivity contribution in [3.05, 3.63) is 66.2 Å². The molecule has 3 aromatic rings. The first-order valence-corrected chi connectivity index (χ1v) is 7.71. The molecule has 0 amide bonds. The van der Waals surface area contributed by atoms with Gasteiger partial charge < -0.3 is 0 Å². The van der Waals surface area contributed by atoms with Crippen LogP contribution in [0.15, 0.2) is 59.8 Å². The van der Waals surface area contributed by atoms with E-state index in [0.29, 0.717) is 0 Å². The zero-order valence-corrected chi connectivity index (χ0v) is 11.7. The van der Waals surface area contributed by atoms with Gasteiger partial charge in [-0.15, -0.1) is 0 Å². The van der Waals surface area contributed by atoms with E-state index in [-0.39, 0.29) is 11.4 Å². The largest absolute Gasteiger partial charge is 0.241 e. The van der Waals surface area contributed by atoms with E-state index in [2.05, 4.69) is 9.82 Å². The Hall–Kier alpha value is -2.25. The van der Waals surface area contributed by atoms with Crippen molar-refractivity contribution in [3.63, 3.8) is 0 Å². The van der Waals surface area contributed by atoms with Crippen molar-refractivity contribution in [1.82, 2.24) is 14.3 Å². The molecule has 5 nitrogen and oxygen atoms in total. The van der Waals surface area contributed by atoms with Crippen LogP contribution in [0.3, 0.4) is 0 Å². The number of benzene rings is 1. The summed E-state index contributed by atoms with van der Waals surface area (Å²) in [7, 11) is -3.75. The molecule has 108 valence electrons. The van der Waals surface area contributed by atoms with Gasteiger partial charge in [-0.25, -0.2) is 22.0 Å². The van der Waals surface area contributed by atoms with Gasteiger partial charge >= 0.3 is 0 Å². The molecule has 0 unspecified atom stereocenters. The summed E-state index contributed by atoms with van der Waals surface area (Å²) in [6.07, 6.45) is 3.38. The number of hydrogen-bond donors (Lipinski definition) is 1. The van der Waals surface area contributed by atoms with E-state index in [4.69, 9.17) is 0 Å². The van der Waals surface area contributed by atoms with E-state index in [1.807, 2.05) is 18.2 Å². The maximum Gasteiger partial charge on any atom is 0.240 e. The Balaban J connectivity index is 1.84. The molecule has 0 aliphatic rings. The first-order valence-electron chi connectivity index (χ1n) is 6.23. The highest BCUT2D eigenvalue weighted by Gasteiger charge is 2.15. The van der Waals surface area contributed by atoms with Crippen molar-refractivity contribution in [2.45, 2.75) is 11.4 Å². The molecule has 1 aromatic carbocycles. The SMILES string of the molecule is O=S(=O)(NCc1cnn2ccccc12)c1cccc(F)c1. The molecule has 0 radical (unpaired) electrons. The predicted octanol–water partition coefficient (Wildman–Crippen LogP) is 1.95. The fraction of sp³-hybridized carbons (Fsp3) is 0.0714. The Kier molecular flexibility index (Phi) is 3.44. The number of nitrogens with one attached hydrogen (secondary N) is 1. The van der Waals surface area contributed by atoms with Crippen molar-refractivity contribution >= 4 is 15.5 Å². The van der Waals surface area contributed by atoms with Crippen LogP contribution in [0.2, 0.25) is 0 Å². The molecule has 0 aliphatic heterocycles. The van der Waals surface area contributed by atoms with Crippen molar-refractivity contribution in [2.75, 3.05) is 0 Å². The van der Waals surface area contributed by atoms with Crippen LogP contribution in [0.5, 0.6) is 0 Å². The number of aromatic nitrogens is 2. The third-order valence-electron chi connectivity index (χ3n) is 3.07. The van der Waals surface area contributed by atoms with E-state index in [9.17, 15) is 12.8 Å². The van der Waals surface area contributed by atoms with Crippen LogP contribution in [0.4, 0.5) is 4.39 Å². The van der Waals surface area contributed by atoms with Crippen molar-refractivity contribution in [3.8, 4) is 0 Å². The van der Waals surface area contributed by atoms with Gasteiger partial charge in [0.15, 0.2) is 0 Å². The fourth-order valence-electron chi connectivity index (χ4n) is 2.01. The van der Waals surface area contributed by atoms with Crippen LogP contribution in [0.25, 0.3) is 5.52 Å². The first-order chi connectivity index (χ1) is 10.1. The summed E-state index contributed by atoms with van der Waals surface area (Å²) >= 11 is 0. The van der Waals surface area contributed by atoms with Gasteiger partial charge in [-0.3, -0.25) is 0 Å². The molecule has 2 aromatic heterocycles. The molecule has 1 N–H and O–H groups in total. The van der Waals surface area contributed by atoms with Crippen LogP contribution < -0.4 is 4.72 Å². The lowest BCUT2D eigenvalue weighted by Crippen LogP contribution is -2.23. The molecule has 0 atom stereocenters. The number of pyridine rings is 1. The van der Waals surface area contributed by atoms with Crippen molar-refractivity contribution in [2.24, 2.45) is 0 Å². The van der Waals surface area contributed by atoms with Gasteiger partial charge in [-0.1, -0.05) is 12.1 Å². The van der Waals surface area contributed by atoms with Gasteiger partial charge in [-0.05, 0) is 30.3 Å². The monoisotopic (exact) mass is 305 g/mol. The van der Waals surface area contributed by atoms with Crippen LogP contribution in [-0.2, 0) is 16.6 Å². The summed E-state index contributed by atoms with van der Waals surface area (Å²) < 4.78 is 41.4. The lowest BCUT2D eigenvalue weighted by Gasteiger charge is -2.06. The van der Waals surface area contributed by atoms with Gasteiger partial charge in [0.1, 0.15) is 5.82 Å². The summed E-state index contributed by atoms with van der Waals surface area (Å²) in [6, 6.07) is 10.4. The quantitative estimate of drug-likeness (QED) is 0.801. The molecule has 0 saturated carbocycles. The van der Waals surface area contributed by atoms with E-state index in [1.54, 1.807) is 16.9 Å². The molecule has 21 heavy (non-hydrogen) atoms. The van der Waals surface area contributed by atoms with Crippen molar-refractivity contribution in [1.29, 1.82) is 0 Å². The normalized spacial score (nSPS) is 11.9. The predicted molar refractivity (Wildman–Crippen MR) is 75.6 cm³/mol. The average molecular weight is 305 g/mol. The molecule has 7 heteroatoms. The molecule has 3 rings (SSSR count). The van der Waals surface area contributed by atoms with E-state index < -0.39 is 15.8 Å². The van der Waals surface area contributed by atoms with E-state index in [0.717, 1.165) is 17.1 Å². The van der Waals surface area contributed by atoms with Gasteiger partial charge in [0.05, 0.1) is 16.6 Å². The zero-order chi connectivity index (χ0) is 14.9. The number of hydrogen-bond acceptors (Lipinski definition) is 3. The highest BCUT2D eigenvalue weighted by molar-refractivity contribution is 7.89. The Morgan fingerprint density at radius 1 is 1.19 bits per heavy atom. The minimum absolute atomic E-state index is 0.0896. The van der Waals surface area contributed by atoms with Gasteiger partial charge in [0, 0.05) is 18.3 Å². The van der Waals surface area contributed by atoms with Gasteiger partial charge in [0.25, 0.3) is 0 Å². The third-order valence-corrected chi connectivity index (χ3v) is 4.46. The second-order valence-electron chi connectivity index (χ2n) is 4.48. The Morgan fingerprint density at radius 3 is 2.86 bits per heavy atom. The highest BCUT2D eigenvalue weighted by Crippen LogP contribution is 2.13. The summed E-state index contributed by atoms with van der Waals surface area (Å²) in [4.78, 5) is -0.0982. The summed E-state index contributed by atoms with van der Waals surface area (Å²) in [5.74, 6) is -0.589.